The lowest BCUT2D eigenvalue weighted by molar-refractivity contribution is -0.126. The predicted molar refractivity (Wildman–Crippen MR) is 133 cm³/mol. The number of hydrogen-bond donors (Lipinski definition) is 1. The van der Waals surface area contributed by atoms with Crippen molar-refractivity contribution in [2.75, 3.05) is 13.1 Å². The van der Waals surface area contributed by atoms with Crippen molar-refractivity contribution in [3.8, 4) is 0 Å². The SMILES string of the molecule is CC(=C/c1ccc(C(C)C)cc1)/C=N/NC(=O)C1CCN(Cc2ccc(Br)cc2)CC1. The van der Waals surface area contributed by atoms with Gasteiger partial charge in [-0.3, -0.25) is 9.69 Å². The topological polar surface area (TPSA) is 44.7 Å². The fourth-order valence-electron chi connectivity index (χ4n) is 3.77. The summed E-state index contributed by atoms with van der Waals surface area (Å²) in [5.41, 5.74) is 7.50. The summed E-state index contributed by atoms with van der Waals surface area (Å²) in [4.78, 5) is 14.9. The van der Waals surface area contributed by atoms with Gasteiger partial charge in [-0.25, -0.2) is 5.43 Å². The molecule has 0 bridgehead atoms. The van der Waals surface area contributed by atoms with E-state index in [0.29, 0.717) is 5.92 Å². The maximum atomic E-state index is 12.5. The Kier molecular flexibility index (Phi) is 8.61. The molecule has 5 heteroatoms. The molecule has 164 valence electrons. The minimum absolute atomic E-state index is 0.0219. The predicted octanol–water partition coefficient (Wildman–Crippen LogP) is 5.99. The van der Waals surface area contributed by atoms with E-state index >= 15 is 0 Å². The summed E-state index contributed by atoms with van der Waals surface area (Å²) >= 11 is 3.47. The molecule has 0 radical (unpaired) electrons. The van der Waals surface area contributed by atoms with Crippen LogP contribution in [0.4, 0.5) is 0 Å². The van der Waals surface area contributed by atoms with Crippen LogP contribution >= 0.6 is 15.9 Å². The van der Waals surface area contributed by atoms with Crippen LogP contribution in [0.3, 0.4) is 0 Å². The van der Waals surface area contributed by atoms with Gasteiger partial charge in [0, 0.05) is 16.9 Å². The fraction of sp³-hybridized carbons (Fsp3) is 0.385. The van der Waals surface area contributed by atoms with Crippen LogP contribution in [0.15, 0.2) is 63.7 Å². The van der Waals surface area contributed by atoms with Crippen LogP contribution in [0.5, 0.6) is 0 Å². The molecule has 1 N–H and O–H groups in total. The van der Waals surface area contributed by atoms with Gasteiger partial charge in [0.05, 0.1) is 6.21 Å². The zero-order valence-corrected chi connectivity index (χ0v) is 20.2. The van der Waals surface area contributed by atoms with Gasteiger partial charge in [0.2, 0.25) is 5.91 Å². The number of hydrazone groups is 1. The second-order valence-electron chi connectivity index (χ2n) is 8.62. The van der Waals surface area contributed by atoms with Crippen LogP contribution in [0.2, 0.25) is 0 Å². The minimum atomic E-state index is 0.0219. The van der Waals surface area contributed by atoms with Crippen LogP contribution in [-0.4, -0.2) is 30.1 Å². The van der Waals surface area contributed by atoms with E-state index in [2.05, 4.69) is 99.8 Å². The lowest BCUT2D eigenvalue weighted by atomic mass is 9.96. The normalized spacial score (nSPS) is 16.2. The minimum Gasteiger partial charge on any atom is -0.299 e. The van der Waals surface area contributed by atoms with E-state index in [9.17, 15) is 4.79 Å². The Morgan fingerprint density at radius 1 is 1.13 bits per heavy atom. The van der Waals surface area contributed by atoms with Crippen LogP contribution in [0.1, 0.15) is 56.2 Å². The van der Waals surface area contributed by atoms with E-state index in [1.807, 2.05) is 6.92 Å². The fourth-order valence-corrected chi connectivity index (χ4v) is 4.03. The second kappa shape index (κ2) is 11.4. The Morgan fingerprint density at radius 2 is 1.77 bits per heavy atom. The lowest BCUT2D eigenvalue weighted by Gasteiger charge is -2.30. The second-order valence-corrected chi connectivity index (χ2v) is 9.54. The molecule has 1 aliphatic heterocycles. The zero-order chi connectivity index (χ0) is 22.2. The molecule has 1 heterocycles. The van der Waals surface area contributed by atoms with Gasteiger partial charge >= 0.3 is 0 Å². The molecule has 1 fully saturated rings. The molecule has 4 nitrogen and oxygen atoms in total. The first-order valence-corrected chi connectivity index (χ1v) is 11.8. The summed E-state index contributed by atoms with van der Waals surface area (Å²) in [6, 6.07) is 17.0. The van der Waals surface area contributed by atoms with Crippen LogP contribution in [0, 0.1) is 5.92 Å². The van der Waals surface area contributed by atoms with E-state index in [0.717, 1.165) is 48.1 Å². The van der Waals surface area contributed by atoms with Gasteiger partial charge in [0.15, 0.2) is 0 Å². The van der Waals surface area contributed by atoms with Crippen molar-refractivity contribution in [2.24, 2.45) is 11.0 Å². The van der Waals surface area contributed by atoms with Gasteiger partial charge < -0.3 is 0 Å². The number of nitrogens with zero attached hydrogens (tertiary/aromatic N) is 2. The number of rotatable bonds is 7. The van der Waals surface area contributed by atoms with E-state index in [1.165, 1.54) is 11.1 Å². The van der Waals surface area contributed by atoms with Crippen molar-refractivity contribution >= 4 is 34.1 Å². The third kappa shape index (κ3) is 7.44. The van der Waals surface area contributed by atoms with Gasteiger partial charge in [0.25, 0.3) is 0 Å². The van der Waals surface area contributed by atoms with E-state index < -0.39 is 0 Å². The maximum Gasteiger partial charge on any atom is 0.243 e. The smallest absolute Gasteiger partial charge is 0.243 e. The lowest BCUT2D eigenvalue weighted by Crippen LogP contribution is -2.39. The number of halogens is 1. The Morgan fingerprint density at radius 3 is 2.39 bits per heavy atom. The third-order valence-corrected chi connectivity index (χ3v) is 6.25. The molecule has 1 saturated heterocycles. The first-order chi connectivity index (χ1) is 14.9. The van der Waals surface area contributed by atoms with Gasteiger partial charge in [-0.15, -0.1) is 0 Å². The number of hydrogen-bond acceptors (Lipinski definition) is 3. The molecule has 0 aliphatic carbocycles. The maximum absolute atomic E-state index is 12.5. The molecule has 0 unspecified atom stereocenters. The number of benzene rings is 2. The van der Waals surface area contributed by atoms with Gasteiger partial charge in [-0.05, 0) is 73.2 Å². The average molecular weight is 482 g/mol. The number of piperidine rings is 1. The van der Waals surface area contributed by atoms with Crippen molar-refractivity contribution in [1.82, 2.24) is 10.3 Å². The Hall–Kier alpha value is -2.24. The highest BCUT2D eigenvalue weighted by Gasteiger charge is 2.24. The molecular weight excluding hydrogens is 450 g/mol. The van der Waals surface area contributed by atoms with E-state index in [1.54, 1.807) is 6.21 Å². The van der Waals surface area contributed by atoms with Crippen molar-refractivity contribution in [3.05, 3.63) is 75.3 Å². The molecule has 3 rings (SSSR count). The average Bonchev–Trinajstić information content (AvgIpc) is 2.76. The summed E-state index contributed by atoms with van der Waals surface area (Å²) in [6.07, 6.45) is 5.53. The first kappa shape index (κ1) is 23.4. The summed E-state index contributed by atoms with van der Waals surface area (Å²) in [5.74, 6) is 0.586. The number of nitrogens with one attached hydrogen (secondary N) is 1. The number of carbonyl (C=O) groups is 1. The summed E-state index contributed by atoms with van der Waals surface area (Å²) in [5, 5.41) is 4.17. The number of likely N-dealkylation sites (tertiary alicyclic amines) is 1. The van der Waals surface area contributed by atoms with Crippen LogP contribution in [-0.2, 0) is 11.3 Å². The Labute approximate surface area is 194 Å². The molecule has 1 amide bonds. The number of allylic oxidation sites excluding steroid dienone is 1. The third-order valence-electron chi connectivity index (χ3n) is 5.72. The molecule has 2 aromatic rings. The molecule has 2 aromatic carbocycles. The van der Waals surface area contributed by atoms with Gasteiger partial charge in [-0.1, -0.05) is 72.3 Å². The number of amides is 1. The molecule has 1 aliphatic rings. The van der Waals surface area contributed by atoms with Crippen molar-refractivity contribution < 1.29 is 4.79 Å². The largest absolute Gasteiger partial charge is 0.299 e. The van der Waals surface area contributed by atoms with Crippen molar-refractivity contribution in [2.45, 2.75) is 46.1 Å². The number of carbonyl (C=O) groups excluding carboxylic acids is 1. The Balaban J connectivity index is 1.43. The molecule has 0 saturated carbocycles. The standard InChI is InChI=1S/C26H32BrN3O/c1-19(2)23-8-4-21(5-9-23)16-20(3)17-28-29-26(31)24-12-14-30(15-13-24)18-22-6-10-25(27)11-7-22/h4-11,16-17,19,24H,12-15,18H2,1-3H3,(H,29,31)/b20-16-,28-17+. The molecule has 0 atom stereocenters. The molecule has 31 heavy (non-hydrogen) atoms. The van der Waals surface area contributed by atoms with E-state index in [4.69, 9.17) is 0 Å². The quantitative estimate of drug-likeness (QED) is 0.389. The molecule has 0 aromatic heterocycles. The molecule has 0 spiro atoms. The highest BCUT2D eigenvalue weighted by Crippen LogP contribution is 2.20. The Bertz CT molecular complexity index is 909. The van der Waals surface area contributed by atoms with Crippen molar-refractivity contribution in [3.63, 3.8) is 0 Å². The summed E-state index contributed by atoms with van der Waals surface area (Å²) in [7, 11) is 0. The first-order valence-electron chi connectivity index (χ1n) is 11.0. The highest BCUT2D eigenvalue weighted by atomic mass is 79.9. The monoisotopic (exact) mass is 481 g/mol. The zero-order valence-electron chi connectivity index (χ0n) is 18.6. The van der Waals surface area contributed by atoms with Crippen LogP contribution < -0.4 is 5.43 Å². The summed E-state index contributed by atoms with van der Waals surface area (Å²) < 4.78 is 1.10. The van der Waals surface area contributed by atoms with Crippen molar-refractivity contribution in [1.29, 1.82) is 0 Å². The molecular formula is C26H32BrN3O. The van der Waals surface area contributed by atoms with Gasteiger partial charge in [0.1, 0.15) is 0 Å². The van der Waals surface area contributed by atoms with Gasteiger partial charge in [-0.2, -0.15) is 5.10 Å². The van der Waals surface area contributed by atoms with E-state index in [-0.39, 0.29) is 11.8 Å². The summed E-state index contributed by atoms with van der Waals surface area (Å²) in [6.45, 7) is 9.18. The van der Waals surface area contributed by atoms with Crippen LogP contribution in [0.25, 0.3) is 6.08 Å². The highest BCUT2D eigenvalue weighted by molar-refractivity contribution is 9.10.